The number of carbonyl (C=O) groups excluding carboxylic acids is 1. The maximum absolute atomic E-state index is 12.0. The fraction of sp³-hybridized carbons (Fsp3) is 0.250. The SMILES string of the molecule is O=C1NCCc2[nH]c(-c3ccnc(/C=C/c4ccc(N5CCCC5)cc4)c3)cc21. The first-order chi connectivity index (χ1) is 14.3. The van der Waals surface area contributed by atoms with Crippen LogP contribution in [0.2, 0.25) is 0 Å². The van der Waals surface area contributed by atoms with Gasteiger partial charge in [0.1, 0.15) is 0 Å². The molecule has 3 aromatic rings. The third-order valence-electron chi connectivity index (χ3n) is 5.71. The molecular weight excluding hydrogens is 360 g/mol. The highest BCUT2D eigenvalue weighted by Gasteiger charge is 2.19. The van der Waals surface area contributed by atoms with E-state index in [2.05, 4.69) is 50.5 Å². The van der Waals surface area contributed by atoms with Crippen molar-refractivity contribution in [2.75, 3.05) is 24.5 Å². The van der Waals surface area contributed by atoms with E-state index in [0.29, 0.717) is 6.54 Å². The Kier molecular flexibility index (Phi) is 4.64. The molecule has 1 fully saturated rings. The van der Waals surface area contributed by atoms with Gasteiger partial charge in [0.2, 0.25) is 0 Å². The summed E-state index contributed by atoms with van der Waals surface area (Å²) in [6.45, 7) is 3.01. The molecule has 2 aromatic heterocycles. The average Bonchev–Trinajstić information content (AvgIpc) is 3.44. The number of carbonyl (C=O) groups is 1. The smallest absolute Gasteiger partial charge is 0.253 e. The summed E-state index contributed by atoms with van der Waals surface area (Å²) >= 11 is 0. The number of pyridine rings is 1. The zero-order valence-corrected chi connectivity index (χ0v) is 16.3. The third-order valence-corrected chi connectivity index (χ3v) is 5.71. The van der Waals surface area contributed by atoms with Crippen LogP contribution in [0, 0.1) is 0 Å². The van der Waals surface area contributed by atoms with Gasteiger partial charge < -0.3 is 15.2 Å². The highest BCUT2D eigenvalue weighted by atomic mass is 16.1. The standard InChI is InChI=1S/C24H24N4O/c29-24-21-16-23(27-22(21)10-12-26-24)18-9-11-25-19(15-18)6-3-17-4-7-20(8-5-17)28-13-1-2-14-28/h3-9,11,15-16,27H,1-2,10,12-14H2,(H,26,29)/b6-3+. The Balaban J connectivity index is 1.34. The number of amides is 1. The number of hydrogen-bond acceptors (Lipinski definition) is 3. The Morgan fingerprint density at radius 2 is 1.83 bits per heavy atom. The molecule has 2 aliphatic rings. The average molecular weight is 384 g/mol. The number of fused-ring (bicyclic) bond motifs is 1. The number of aromatic amines is 1. The molecule has 2 aliphatic heterocycles. The fourth-order valence-corrected chi connectivity index (χ4v) is 4.11. The van der Waals surface area contributed by atoms with E-state index in [4.69, 9.17) is 0 Å². The normalized spacial score (nSPS) is 16.3. The van der Waals surface area contributed by atoms with Crippen molar-refractivity contribution in [3.8, 4) is 11.3 Å². The summed E-state index contributed by atoms with van der Waals surface area (Å²) in [7, 11) is 0. The van der Waals surface area contributed by atoms with Gasteiger partial charge in [-0.25, -0.2) is 0 Å². The minimum Gasteiger partial charge on any atom is -0.372 e. The summed E-state index contributed by atoms with van der Waals surface area (Å²) in [4.78, 5) is 22.3. The molecule has 5 nitrogen and oxygen atoms in total. The number of nitrogens with zero attached hydrogens (tertiary/aromatic N) is 2. The number of rotatable bonds is 4. The minimum absolute atomic E-state index is 0.000280. The molecule has 0 unspecified atom stereocenters. The molecule has 0 atom stereocenters. The lowest BCUT2D eigenvalue weighted by atomic mass is 10.1. The second-order valence-corrected chi connectivity index (χ2v) is 7.67. The number of H-pyrrole nitrogens is 1. The van der Waals surface area contributed by atoms with E-state index in [1.165, 1.54) is 18.5 Å². The van der Waals surface area contributed by atoms with Crippen LogP contribution >= 0.6 is 0 Å². The number of benzene rings is 1. The first-order valence-electron chi connectivity index (χ1n) is 10.3. The molecule has 4 heterocycles. The number of hydrogen-bond donors (Lipinski definition) is 2. The van der Waals surface area contributed by atoms with E-state index >= 15 is 0 Å². The van der Waals surface area contributed by atoms with E-state index in [-0.39, 0.29) is 5.91 Å². The molecule has 0 radical (unpaired) electrons. The van der Waals surface area contributed by atoms with E-state index in [9.17, 15) is 4.79 Å². The summed E-state index contributed by atoms with van der Waals surface area (Å²) in [6, 6.07) is 14.7. The van der Waals surface area contributed by atoms with E-state index in [0.717, 1.165) is 53.3 Å². The zero-order chi connectivity index (χ0) is 19.6. The Bertz CT molecular complexity index is 1060. The Morgan fingerprint density at radius 1 is 1.00 bits per heavy atom. The van der Waals surface area contributed by atoms with Crippen LogP contribution in [-0.2, 0) is 6.42 Å². The van der Waals surface area contributed by atoms with Crippen molar-refractivity contribution in [2.24, 2.45) is 0 Å². The van der Waals surface area contributed by atoms with E-state index < -0.39 is 0 Å². The third kappa shape index (κ3) is 3.68. The Labute approximate surface area is 170 Å². The summed E-state index contributed by atoms with van der Waals surface area (Å²) in [5.74, 6) is 0.000280. The molecule has 2 N–H and O–H groups in total. The lowest BCUT2D eigenvalue weighted by Gasteiger charge is -2.17. The van der Waals surface area contributed by atoms with E-state index in [1.54, 1.807) is 0 Å². The molecule has 1 amide bonds. The van der Waals surface area contributed by atoms with Gasteiger partial charge in [-0.3, -0.25) is 9.78 Å². The highest BCUT2D eigenvalue weighted by Crippen LogP contribution is 2.25. The topological polar surface area (TPSA) is 61.0 Å². The maximum Gasteiger partial charge on any atom is 0.253 e. The van der Waals surface area contributed by atoms with Gasteiger partial charge in [-0.15, -0.1) is 0 Å². The largest absolute Gasteiger partial charge is 0.372 e. The van der Waals surface area contributed by atoms with Gasteiger partial charge in [0.15, 0.2) is 0 Å². The first kappa shape index (κ1) is 17.7. The van der Waals surface area contributed by atoms with Crippen molar-refractivity contribution in [2.45, 2.75) is 19.3 Å². The van der Waals surface area contributed by atoms with Gasteiger partial charge in [-0.05, 0) is 54.8 Å². The van der Waals surface area contributed by atoms with Crippen molar-refractivity contribution in [3.05, 3.63) is 71.2 Å². The minimum atomic E-state index is 0.000280. The predicted octanol–water partition coefficient (Wildman–Crippen LogP) is 4.13. The second kappa shape index (κ2) is 7.59. The quantitative estimate of drug-likeness (QED) is 0.711. The molecule has 0 saturated carbocycles. The number of aromatic nitrogens is 2. The second-order valence-electron chi connectivity index (χ2n) is 7.67. The van der Waals surface area contributed by atoms with Crippen LogP contribution < -0.4 is 10.2 Å². The van der Waals surface area contributed by atoms with Crippen LogP contribution in [-0.4, -0.2) is 35.5 Å². The zero-order valence-electron chi connectivity index (χ0n) is 16.3. The summed E-state index contributed by atoms with van der Waals surface area (Å²) in [5.41, 5.74) is 7.11. The molecule has 0 spiro atoms. The monoisotopic (exact) mass is 384 g/mol. The molecule has 1 saturated heterocycles. The summed E-state index contributed by atoms with van der Waals surface area (Å²) < 4.78 is 0. The Morgan fingerprint density at radius 3 is 2.62 bits per heavy atom. The molecule has 29 heavy (non-hydrogen) atoms. The van der Waals surface area contributed by atoms with Crippen molar-refractivity contribution in [1.29, 1.82) is 0 Å². The van der Waals surface area contributed by atoms with Crippen molar-refractivity contribution >= 4 is 23.7 Å². The van der Waals surface area contributed by atoms with Crippen LogP contribution in [0.15, 0.2) is 48.7 Å². The van der Waals surface area contributed by atoms with Gasteiger partial charge in [0, 0.05) is 54.9 Å². The van der Waals surface area contributed by atoms with Crippen LogP contribution in [0.25, 0.3) is 23.4 Å². The highest BCUT2D eigenvalue weighted by molar-refractivity contribution is 5.97. The van der Waals surface area contributed by atoms with Gasteiger partial charge in [0.25, 0.3) is 5.91 Å². The predicted molar refractivity (Wildman–Crippen MR) is 117 cm³/mol. The van der Waals surface area contributed by atoms with Gasteiger partial charge in [0.05, 0.1) is 11.3 Å². The van der Waals surface area contributed by atoms with E-state index in [1.807, 2.05) is 30.5 Å². The maximum atomic E-state index is 12.0. The summed E-state index contributed by atoms with van der Waals surface area (Å²) in [6.07, 6.45) is 9.35. The number of nitrogens with one attached hydrogen (secondary N) is 2. The van der Waals surface area contributed by atoms with Gasteiger partial charge >= 0.3 is 0 Å². The van der Waals surface area contributed by atoms with Crippen molar-refractivity contribution in [1.82, 2.24) is 15.3 Å². The van der Waals surface area contributed by atoms with Crippen molar-refractivity contribution < 1.29 is 4.79 Å². The lowest BCUT2D eigenvalue weighted by molar-refractivity contribution is 0.0946. The van der Waals surface area contributed by atoms with Gasteiger partial charge in [-0.2, -0.15) is 0 Å². The number of anilines is 1. The Hall–Kier alpha value is -3.34. The van der Waals surface area contributed by atoms with Crippen LogP contribution in [0.5, 0.6) is 0 Å². The molecule has 0 bridgehead atoms. The van der Waals surface area contributed by atoms with Crippen LogP contribution in [0.4, 0.5) is 5.69 Å². The first-order valence-corrected chi connectivity index (χ1v) is 10.3. The van der Waals surface area contributed by atoms with Gasteiger partial charge in [-0.1, -0.05) is 18.2 Å². The molecular formula is C24H24N4O. The fourth-order valence-electron chi connectivity index (χ4n) is 4.11. The molecule has 1 aromatic carbocycles. The molecule has 5 heteroatoms. The molecule has 146 valence electrons. The van der Waals surface area contributed by atoms with Crippen molar-refractivity contribution in [3.63, 3.8) is 0 Å². The molecule has 0 aliphatic carbocycles. The van der Waals surface area contributed by atoms with Crippen LogP contribution in [0.1, 0.15) is 40.2 Å². The van der Waals surface area contributed by atoms with Crippen LogP contribution in [0.3, 0.4) is 0 Å². The lowest BCUT2D eigenvalue weighted by Crippen LogP contribution is -2.31. The molecule has 5 rings (SSSR count). The summed E-state index contributed by atoms with van der Waals surface area (Å²) in [5, 5.41) is 2.89.